The van der Waals surface area contributed by atoms with E-state index in [-0.39, 0.29) is 0 Å². The van der Waals surface area contributed by atoms with Gasteiger partial charge in [0.15, 0.2) is 0 Å². The van der Waals surface area contributed by atoms with E-state index in [1.807, 2.05) is 67.0 Å². The molecule has 3 heterocycles. The molecule has 0 saturated carbocycles. The molecule has 2 aromatic carbocycles. The molecule has 0 unspecified atom stereocenters. The zero-order chi connectivity index (χ0) is 17.3. The van der Waals surface area contributed by atoms with E-state index < -0.39 is 0 Å². The third kappa shape index (κ3) is 2.42. The van der Waals surface area contributed by atoms with Crippen LogP contribution in [0.3, 0.4) is 0 Å². The highest BCUT2D eigenvalue weighted by molar-refractivity contribution is 5.95. The van der Waals surface area contributed by atoms with Gasteiger partial charge < -0.3 is 0 Å². The van der Waals surface area contributed by atoms with Crippen LogP contribution in [0.15, 0.2) is 91.3 Å². The maximum Gasteiger partial charge on any atom is 0.0964 e. The Morgan fingerprint density at radius 2 is 0.962 bits per heavy atom. The molecule has 3 nitrogen and oxygen atoms in total. The van der Waals surface area contributed by atoms with Crippen molar-refractivity contribution in [1.29, 1.82) is 0 Å². The third-order valence-electron chi connectivity index (χ3n) is 4.58. The molecule has 5 rings (SSSR count). The van der Waals surface area contributed by atoms with Gasteiger partial charge in [0.05, 0.1) is 22.8 Å². The fourth-order valence-corrected chi connectivity index (χ4v) is 3.35. The first-order valence-electron chi connectivity index (χ1n) is 8.55. The predicted molar refractivity (Wildman–Crippen MR) is 106 cm³/mol. The van der Waals surface area contributed by atoms with Crippen molar-refractivity contribution in [2.75, 3.05) is 0 Å². The van der Waals surface area contributed by atoms with E-state index in [1.165, 1.54) is 0 Å². The maximum absolute atomic E-state index is 4.89. The minimum atomic E-state index is 0.856. The van der Waals surface area contributed by atoms with E-state index >= 15 is 0 Å². The molecule has 26 heavy (non-hydrogen) atoms. The van der Waals surface area contributed by atoms with Crippen LogP contribution in [-0.2, 0) is 0 Å². The van der Waals surface area contributed by atoms with Crippen molar-refractivity contribution in [2.24, 2.45) is 0 Å². The van der Waals surface area contributed by atoms with Gasteiger partial charge in [-0.25, -0.2) is 4.98 Å². The zero-order valence-corrected chi connectivity index (χ0v) is 14.0. The first-order valence-corrected chi connectivity index (χ1v) is 8.55. The molecular formula is C23H15N3. The second-order valence-electron chi connectivity index (χ2n) is 6.17. The summed E-state index contributed by atoms with van der Waals surface area (Å²) in [6.07, 6.45) is 3.67. The van der Waals surface area contributed by atoms with Gasteiger partial charge in [0, 0.05) is 23.2 Å². The summed E-state index contributed by atoms with van der Waals surface area (Å²) in [6.45, 7) is 0. The minimum Gasteiger partial charge on any atom is -0.254 e. The van der Waals surface area contributed by atoms with E-state index in [9.17, 15) is 0 Å². The van der Waals surface area contributed by atoms with Gasteiger partial charge in [-0.1, -0.05) is 54.6 Å². The number of rotatable bonds is 2. The molecule has 5 aromatic rings. The molecule has 0 spiro atoms. The summed E-state index contributed by atoms with van der Waals surface area (Å²) in [4.78, 5) is 14.1. The molecule has 0 aliphatic rings. The summed E-state index contributed by atoms with van der Waals surface area (Å²) in [6, 6.07) is 26.6. The van der Waals surface area contributed by atoms with Crippen molar-refractivity contribution >= 4 is 21.5 Å². The second kappa shape index (κ2) is 6.05. The SMILES string of the molecule is c1cc(-c2nccc3ccccc23)nc(-c2nccc3ccccc23)c1. The number of nitrogens with zero attached hydrogens (tertiary/aromatic N) is 3. The van der Waals surface area contributed by atoms with Crippen molar-refractivity contribution in [3.05, 3.63) is 91.3 Å². The lowest BCUT2D eigenvalue weighted by molar-refractivity contribution is 1.24. The van der Waals surface area contributed by atoms with Crippen molar-refractivity contribution in [3.8, 4) is 22.8 Å². The third-order valence-corrected chi connectivity index (χ3v) is 4.58. The van der Waals surface area contributed by atoms with E-state index in [0.717, 1.165) is 44.3 Å². The summed E-state index contributed by atoms with van der Waals surface area (Å²) in [5.74, 6) is 0. The summed E-state index contributed by atoms with van der Waals surface area (Å²) in [5.41, 5.74) is 3.50. The van der Waals surface area contributed by atoms with Crippen LogP contribution in [0.4, 0.5) is 0 Å². The van der Waals surface area contributed by atoms with Crippen LogP contribution in [0.1, 0.15) is 0 Å². The highest BCUT2D eigenvalue weighted by Crippen LogP contribution is 2.29. The Hall–Kier alpha value is -3.59. The summed E-state index contributed by atoms with van der Waals surface area (Å²) >= 11 is 0. The average Bonchev–Trinajstić information content (AvgIpc) is 2.73. The van der Waals surface area contributed by atoms with Crippen LogP contribution >= 0.6 is 0 Å². The topological polar surface area (TPSA) is 38.7 Å². The molecule has 0 saturated heterocycles. The monoisotopic (exact) mass is 333 g/mol. The standard InChI is InChI=1S/C23H15N3/c1-3-8-18-16(6-1)12-14-24-22(18)20-10-5-11-21(26-20)23-19-9-4-2-7-17(19)13-15-25-23/h1-15H. The van der Waals surface area contributed by atoms with E-state index in [4.69, 9.17) is 4.98 Å². The lowest BCUT2D eigenvalue weighted by Gasteiger charge is -2.08. The zero-order valence-electron chi connectivity index (χ0n) is 14.0. The molecule has 0 N–H and O–H groups in total. The van der Waals surface area contributed by atoms with E-state index in [1.54, 1.807) is 0 Å². The van der Waals surface area contributed by atoms with Crippen molar-refractivity contribution in [1.82, 2.24) is 15.0 Å². The van der Waals surface area contributed by atoms with Gasteiger partial charge >= 0.3 is 0 Å². The van der Waals surface area contributed by atoms with Crippen LogP contribution in [-0.4, -0.2) is 15.0 Å². The fourth-order valence-electron chi connectivity index (χ4n) is 3.35. The van der Waals surface area contributed by atoms with Gasteiger partial charge in [-0.15, -0.1) is 0 Å². The number of benzene rings is 2. The Bertz CT molecular complexity index is 1140. The molecule has 0 radical (unpaired) electrons. The number of fused-ring (bicyclic) bond motifs is 2. The van der Waals surface area contributed by atoms with Gasteiger partial charge in [0.25, 0.3) is 0 Å². The normalized spacial score (nSPS) is 11.1. The van der Waals surface area contributed by atoms with Crippen molar-refractivity contribution < 1.29 is 0 Å². The molecule has 0 amide bonds. The molecular weight excluding hydrogens is 318 g/mol. The van der Waals surface area contributed by atoms with Crippen LogP contribution in [0.5, 0.6) is 0 Å². The largest absolute Gasteiger partial charge is 0.254 e. The van der Waals surface area contributed by atoms with Gasteiger partial charge in [-0.2, -0.15) is 0 Å². The number of aromatic nitrogens is 3. The molecule has 0 atom stereocenters. The lowest BCUT2D eigenvalue weighted by atomic mass is 10.1. The minimum absolute atomic E-state index is 0.856. The first kappa shape index (κ1) is 14.7. The molecule has 0 aliphatic carbocycles. The van der Waals surface area contributed by atoms with Crippen LogP contribution in [0, 0.1) is 0 Å². The Labute approximate surface area is 151 Å². The number of hydrogen-bond donors (Lipinski definition) is 0. The molecule has 122 valence electrons. The van der Waals surface area contributed by atoms with Crippen LogP contribution < -0.4 is 0 Å². The van der Waals surface area contributed by atoms with Gasteiger partial charge in [0.1, 0.15) is 0 Å². The number of pyridine rings is 3. The smallest absolute Gasteiger partial charge is 0.0964 e. The quantitative estimate of drug-likeness (QED) is 0.427. The summed E-state index contributed by atoms with van der Waals surface area (Å²) < 4.78 is 0. The Morgan fingerprint density at radius 3 is 1.50 bits per heavy atom. The van der Waals surface area contributed by atoms with Gasteiger partial charge in [-0.05, 0) is 35.0 Å². The summed E-state index contributed by atoms with van der Waals surface area (Å²) in [5, 5.41) is 4.53. The second-order valence-corrected chi connectivity index (χ2v) is 6.17. The summed E-state index contributed by atoms with van der Waals surface area (Å²) in [7, 11) is 0. The van der Waals surface area contributed by atoms with Gasteiger partial charge in [0.2, 0.25) is 0 Å². The highest BCUT2D eigenvalue weighted by atomic mass is 14.8. The molecule has 0 fully saturated rings. The Kier molecular flexibility index (Phi) is 3.42. The maximum atomic E-state index is 4.89. The van der Waals surface area contributed by atoms with E-state index in [0.29, 0.717) is 0 Å². The average molecular weight is 333 g/mol. The lowest BCUT2D eigenvalue weighted by Crippen LogP contribution is -1.93. The molecule has 0 aliphatic heterocycles. The Balaban J connectivity index is 1.72. The molecule has 3 heteroatoms. The van der Waals surface area contributed by atoms with Crippen molar-refractivity contribution in [2.45, 2.75) is 0 Å². The first-order chi connectivity index (χ1) is 12.9. The molecule has 0 bridgehead atoms. The highest BCUT2D eigenvalue weighted by Gasteiger charge is 2.10. The molecule has 3 aromatic heterocycles. The van der Waals surface area contributed by atoms with Crippen molar-refractivity contribution in [3.63, 3.8) is 0 Å². The fraction of sp³-hybridized carbons (Fsp3) is 0. The Morgan fingerprint density at radius 1 is 0.462 bits per heavy atom. The van der Waals surface area contributed by atoms with Crippen LogP contribution in [0.25, 0.3) is 44.3 Å². The van der Waals surface area contributed by atoms with E-state index in [2.05, 4.69) is 34.2 Å². The van der Waals surface area contributed by atoms with Gasteiger partial charge in [-0.3, -0.25) is 9.97 Å². The predicted octanol–water partition coefficient (Wildman–Crippen LogP) is 5.51. The van der Waals surface area contributed by atoms with Crippen LogP contribution in [0.2, 0.25) is 0 Å². The number of hydrogen-bond acceptors (Lipinski definition) is 3.